The Morgan fingerprint density at radius 3 is 2.41 bits per heavy atom. The lowest BCUT2D eigenvalue weighted by Gasteiger charge is -2.28. The summed E-state index contributed by atoms with van der Waals surface area (Å²) in [6, 6.07) is 16.6. The van der Waals surface area contributed by atoms with E-state index in [-0.39, 0.29) is 36.0 Å². The van der Waals surface area contributed by atoms with E-state index in [0.717, 1.165) is 5.56 Å². The molecule has 228 valence electrons. The zero-order valence-corrected chi connectivity index (χ0v) is 24.0. The summed E-state index contributed by atoms with van der Waals surface area (Å²) in [6.45, 7) is 1.48. The van der Waals surface area contributed by atoms with E-state index in [2.05, 4.69) is 21.2 Å². The van der Waals surface area contributed by atoms with Gasteiger partial charge in [-0.1, -0.05) is 6.07 Å². The van der Waals surface area contributed by atoms with Crippen molar-refractivity contribution in [2.45, 2.75) is 19.6 Å². The molecule has 0 aromatic heterocycles. The summed E-state index contributed by atoms with van der Waals surface area (Å²) in [5.74, 6) is 0.0193. The maximum absolute atomic E-state index is 12.4. The number of amides is 3. The normalized spacial score (nSPS) is 14.3. The summed E-state index contributed by atoms with van der Waals surface area (Å²) in [7, 11) is 2.67. The zero-order valence-electron chi connectivity index (χ0n) is 24.0. The van der Waals surface area contributed by atoms with Gasteiger partial charge >= 0.3 is 12.0 Å². The maximum Gasteiger partial charge on any atom is 0.337 e. The van der Waals surface area contributed by atoms with Crippen LogP contribution in [0.4, 0.5) is 10.5 Å². The van der Waals surface area contributed by atoms with E-state index in [1.54, 1.807) is 61.5 Å². The van der Waals surface area contributed by atoms with E-state index >= 15 is 0 Å². The van der Waals surface area contributed by atoms with E-state index < -0.39 is 28.9 Å². The van der Waals surface area contributed by atoms with Gasteiger partial charge in [0.2, 0.25) is 0 Å². The molecule has 14 nitrogen and oxygen atoms in total. The third-order valence-corrected chi connectivity index (χ3v) is 6.39. The molecule has 0 spiro atoms. The Labute approximate surface area is 251 Å². The molecule has 3 N–H and O–H groups in total. The minimum Gasteiger partial charge on any atom is -0.493 e. The Kier molecular flexibility index (Phi) is 10.1. The van der Waals surface area contributed by atoms with Gasteiger partial charge in [0, 0.05) is 17.8 Å². The molecule has 14 heteroatoms. The molecule has 4 rings (SSSR count). The monoisotopic (exact) mass is 603 g/mol. The molecule has 0 unspecified atom stereocenters. The first kappa shape index (κ1) is 31.0. The van der Waals surface area contributed by atoms with Crippen molar-refractivity contribution >= 4 is 29.8 Å². The van der Waals surface area contributed by atoms with Crippen LogP contribution in [0.15, 0.2) is 83.1 Å². The Balaban J connectivity index is 1.29. The van der Waals surface area contributed by atoms with Gasteiger partial charge in [0.15, 0.2) is 18.1 Å². The standard InChI is InChI=1S/C30H29N5O9/c1-18-27(29(37)42-3)28(33-30(38)32-18)21-8-13-24(25(14-21)41-2)44-17-26(36)34-31-15-19-6-11-23(12-7-19)43-16-20-4-9-22(10-5-20)35(39)40/h4-15,28H,16-17H2,1-3H3,(H,34,36)(H2,32,33,38)/b31-15-/t28-/m1/s1. The highest BCUT2D eigenvalue weighted by atomic mass is 16.6. The molecule has 0 radical (unpaired) electrons. The Hall–Kier alpha value is -5.92. The van der Waals surface area contributed by atoms with Gasteiger partial charge in [0.05, 0.1) is 37.0 Å². The number of nitro groups is 1. The second kappa shape index (κ2) is 14.3. The summed E-state index contributed by atoms with van der Waals surface area (Å²) in [6.07, 6.45) is 1.45. The number of urea groups is 1. The molecule has 3 aromatic rings. The van der Waals surface area contributed by atoms with Crippen LogP contribution in [0.3, 0.4) is 0 Å². The van der Waals surface area contributed by atoms with Crippen molar-refractivity contribution in [1.82, 2.24) is 16.1 Å². The van der Waals surface area contributed by atoms with Crippen molar-refractivity contribution in [3.05, 3.63) is 105 Å². The number of ether oxygens (including phenoxy) is 4. The summed E-state index contributed by atoms with van der Waals surface area (Å²) in [4.78, 5) is 47.0. The molecular weight excluding hydrogens is 574 g/mol. The number of nitro benzene ring substituents is 1. The van der Waals surface area contributed by atoms with Gasteiger partial charge in [-0.25, -0.2) is 15.0 Å². The van der Waals surface area contributed by atoms with Gasteiger partial charge in [0.1, 0.15) is 12.4 Å². The molecule has 1 aliphatic heterocycles. The van der Waals surface area contributed by atoms with Crippen molar-refractivity contribution in [1.29, 1.82) is 0 Å². The number of hydrogen-bond acceptors (Lipinski definition) is 10. The number of rotatable bonds is 12. The number of allylic oxidation sites excluding steroid dienone is 1. The molecular formula is C30H29N5O9. The summed E-state index contributed by atoms with van der Waals surface area (Å²) >= 11 is 0. The van der Waals surface area contributed by atoms with Crippen LogP contribution in [0.25, 0.3) is 0 Å². The van der Waals surface area contributed by atoms with Crippen LogP contribution in [0.2, 0.25) is 0 Å². The third kappa shape index (κ3) is 7.88. The van der Waals surface area contributed by atoms with E-state index in [4.69, 9.17) is 18.9 Å². The average molecular weight is 604 g/mol. The van der Waals surface area contributed by atoms with Crippen molar-refractivity contribution in [3.8, 4) is 17.2 Å². The third-order valence-electron chi connectivity index (χ3n) is 6.39. The first-order valence-corrected chi connectivity index (χ1v) is 13.1. The van der Waals surface area contributed by atoms with E-state index in [1.165, 1.54) is 32.6 Å². The van der Waals surface area contributed by atoms with Crippen LogP contribution < -0.4 is 30.3 Å². The number of benzene rings is 3. The number of nitrogens with zero attached hydrogens (tertiary/aromatic N) is 2. The molecule has 44 heavy (non-hydrogen) atoms. The molecule has 0 saturated heterocycles. The van der Waals surface area contributed by atoms with E-state index in [1.807, 2.05) is 0 Å². The maximum atomic E-state index is 12.4. The number of methoxy groups -OCH3 is 2. The second-order valence-corrected chi connectivity index (χ2v) is 9.34. The number of nitrogens with one attached hydrogen (secondary N) is 3. The Morgan fingerprint density at radius 1 is 1.02 bits per heavy atom. The molecule has 0 aliphatic carbocycles. The lowest BCUT2D eigenvalue weighted by molar-refractivity contribution is -0.384. The topological polar surface area (TPSA) is 180 Å². The lowest BCUT2D eigenvalue weighted by atomic mass is 9.95. The van der Waals surface area contributed by atoms with Crippen molar-refractivity contribution in [2.24, 2.45) is 5.10 Å². The van der Waals surface area contributed by atoms with Gasteiger partial charge in [0.25, 0.3) is 11.6 Å². The van der Waals surface area contributed by atoms with Crippen molar-refractivity contribution in [2.75, 3.05) is 20.8 Å². The number of esters is 1. The molecule has 0 bridgehead atoms. The smallest absolute Gasteiger partial charge is 0.337 e. The molecule has 1 heterocycles. The predicted molar refractivity (Wildman–Crippen MR) is 157 cm³/mol. The number of hydrazone groups is 1. The summed E-state index contributed by atoms with van der Waals surface area (Å²) in [5.41, 5.74) is 5.03. The number of carbonyl (C=O) groups is 3. The highest BCUT2D eigenvalue weighted by molar-refractivity contribution is 5.95. The van der Waals surface area contributed by atoms with Crippen LogP contribution in [0.5, 0.6) is 17.2 Å². The quantitative estimate of drug-likeness (QED) is 0.121. The first-order chi connectivity index (χ1) is 21.2. The minimum atomic E-state index is -0.785. The molecule has 1 atom stereocenters. The molecule has 0 fully saturated rings. The SMILES string of the molecule is COC(=O)C1=C(C)NC(=O)N[C@@H]1c1ccc(OCC(=O)N/N=C\c2ccc(OCc3ccc([N+](=O)[O-])cc3)cc2)c(OC)c1. The highest BCUT2D eigenvalue weighted by Gasteiger charge is 2.32. The van der Waals surface area contributed by atoms with Gasteiger partial charge in [-0.05, 0) is 72.1 Å². The minimum absolute atomic E-state index is 0.0134. The van der Waals surface area contributed by atoms with Crippen LogP contribution in [-0.2, 0) is 20.9 Å². The Morgan fingerprint density at radius 2 is 1.75 bits per heavy atom. The van der Waals surface area contributed by atoms with Crippen LogP contribution in [0, 0.1) is 10.1 Å². The van der Waals surface area contributed by atoms with Crippen LogP contribution in [-0.4, -0.2) is 49.9 Å². The number of hydrogen-bond donors (Lipinski definition) is 3. The summed E-state index contributed by atoms with van der Waals surface area (Å²) < 4.78 is 21.6. The molecule has 3 amide bonds. The molecule has 0 saturated carbocycles. The predicted octanol–water partition coefficient (Wildman–Crippen LogP) is 3.51. The zero-order chi connectivity index (χ0) is 31.6. The van der Waals surface area contributed by atoms with E-state index in [0.29, 0.717) is 22.6 Å². The molecule has 1 aliphatic rings. The number of non-ortho nitro benzene ring substituents is 1. The summed E-state index contributed by atoms with van der Waals surface area (Å²) in [5, 5.41) is 20.0. The number of carbonyl (C=O) groups excluding carboxylic acids is 3. The van der Waals surface area contributed by atoms with Crippen LogP contribution >= 0.6 is 0 Å². The fourth-order valence-corrected chi connectivity index (χ4v) is 4.19. The van der Waals surface area contributed by atoms with Gasteiger partial charge in [-0.2, -0.15) is 5.10 Å². The largest absolute Gasteiger partial charge is 0.493 e. The van der Waals surface area contributed by atoms with Gasteiger partial charge in [-0.3, -0.25) is 14.9 Å². The molecule has 3 aromatic carbocycles. The average Bonchev–Trinajstić information content (AvgIpc) is 3.02. The fraction of sp³-hybridized carbons (Fsp3) is 0.200. The van der Waals surface area contributed by atoms with Crippen LogP contribution in [0.1, 0.15) is 29.7 Å². The van der Waals surface area contributed by atoms with E-state index in [9.17, 15) is 24.5 Å². The highest BCUT2D eigenvalue weighted by Crippen LogP contribution is 2.34. The van der Waals surface area contributed by atoms with Crippen molar-refractivity contribution in [3.63, 3.8) is 0 Å². The van der Waals surface area contributed by atoms with Gasteiger partial charge in [-0.15, -0.1) is 0 Å². The fourth-order valence-electron chi connectivity index (χ4n) is 4.19. The van der Waals surface area contributed by atoms with Crippen molar-refractivity contribution < 1.29 is 38.3 Å². The van der Waals surface area contributed by atoms with Gasteiger partial charge < -0.3 is 29.6 Å². The second-order valence-electron chi connectivity index (χ2n) is 9.34. The first-order valence-electron chi connectivity index (χ1n) is 13.1. The lowest BCUT2D eigenvalue weighted by Crippen LogP contribution is -2.45. The Bertz CT molecular complexity index is 1600.